The first-order chi connectivity index (χ1) is 8.42. The maximum Gasteiger partial charge on any atom is 0.162 e. The summed E-state index contributed by atoms with van der Waals surface area (Å²) in [5.74, 6) is 3.98. The van der Waals surface area contributed by atoms with Crippen LogP contribution in [0.15, 0.2) is 28.2 Å². The lowest BCUT2D eigenvalue weighted by atomic mass is 10.1. The average Bonchev–Trinajstić information content (AvgIpc) is 2.91. The van der Waals surface area contributed by atoms with Crippen molar-refractivity contribution in [3.05, 3.63) is 29.5 Å². The van der Waals surface area contributed by atoms with Crippen molar-refractivity contribution in [2.24, 2.45) is 5.92 Å². The van der Waals surface area contributed by atoms with Gasteiger partial charge in [0.05, 0.1) is 12.0 Å². The predicted molar refractivity (Wildman–Crippen MR) is 72.3 cm³/mol. The summed E-state index contributed by atoms with van der Waals surface area (Å²) in [6.07, 6.45) is 1.69. The highest BCUT2D eigenvalue weighted by Crippen LogP contribution is 2.26. The number of thioether (sulfide) groups is 1. The third-order valence-corrected chi connectivity index (χ3v) is 4.87. The first-order valence-corrected chi connectivity index (χ1v) is 7.72. The number of hydrogen-bond donors (Lipinski definition) is 1. The van der Waals surface area contributed by atoms with Gasteiger partial charge in [-0.15, -0.1) is 11.3 Å². The molecule has 3 nitrogen and oxygen atoms in total. The molecule has 0 spiro atoms. The zero-order chi connectivity index (χ0) is 11.5. The normalized spacial score (nSPS) is 16.0. The van der Waals surface area contributed by atoms with E-state index in [0.717, 1.165) is 22.4 Å². The summed E-state index contributed by atoms with van der Waals surface area (Å²) in [6, 6.07) is 3.85. The number of hydrogen-bond acceptors (Lipinski definition) is 5. The molecule has 3 heterocycles. The van der Waals surface area contributed by atoms with E-state index >= 15 is 0 Å². The first-order valence-electron chi connectivity index (χ1n) is 5.68. The van der Waals surface area contributed by atoms with E-state index in [1.807, 2.05) is 23.9 Å². The SMILES string of the molecule is c1coc(-c2nc(CSCC3CNC3)cs2)c1. The Bertz CT molecular complexity index is 463. The summed E-state index contributed by atoms with van der Waals surface area (Å²) >= 11 is 3.63. The standard InChI is InChI=1S/C12H14N2OS2/c1-2-11(15-3-1)12-14-10(8-17-12)7-16-6-9-4-13-5-9/h1-3,8-9,13H,4-7H2. The van der Waals surface area contributed by atoms with Gasteiger partial charge in [-0.2, -0.15) is 11.8 Å². The fraction of sp³-hybridized carbons (Fsp3) is 0.417. The number of nitrogens with zero attached hydrogens (tertiary/aromatic N) is 1. The minimum absolute atomic E-state index is 0.864. The average molecular weight is 266 g/mol. The van der Waals surface area contributed by atoms with Crippen LogP contribution in [0.4, 0.5) is 0 Å². The van der Waals surface area contributed by atoms with Crippen molar-refractivity contribution in [1.29, 1.82) is 0 Å². The molecule has 1 aliphatic rings. The minimum atomic E-state index is 0.864. The quantitative estimate of drug-likeness (QED) is 0.903. The van der Waals surface area contributed by atoms with Gasteiger partial charge in [0.25, 0.3) is 0 Å². The largest absolute Gasteiger partial charge is 0.462 e. The van der Waals surface area contributed by atoms with E-state index < -0.39 is 0 Å². The number of nitrogens with one attached hydrogen (secondary N) is 1. The highest BCUT2D eigenvalue weighted by atomic mass is 32.2. The number of aromatic nitrogens is 1. The van der Waals surface area contributed by atoms with Gasteiger partial charge in [0.1, 0.15) is 0 Å². The summed E-state index contributed by atoms with van der Waals surface area (Å²) in [5, 5.41) is 6.40. The van der Waals surface area contributed by atoms with Crippen LogP contribution in [0.2, 0.25) is 0 Å². The van der Waals surface area contributed by atoms with Crippen LogP contribution in [0.1, 0.15) is 5.69 Å². The van der Waals surface area contributed by atoms with Crippen molar-refractivity contribution in [3.8, 4) is 10.8 Å². The molecular formula is C12H14N2OS2. The van der Waals surface area contributed by atoms with Gasteiger partial charge in [0, 0.05) is 11.1 Å². The van der Waals surface area contributed by atoms with Crippen LogP contribution >= 0.6 is 23.1 Å². The highest BCUT2D eigenvalue weighted by Gasteiger charge is 2.16. The zero-order valence-electron chi connectivity index (χ0n) is 9.39. The van der Waals surface area contributed by atoms with Crippen molar-refractivity contribution in [2.45, 2.75) is 5.75 Å². The van der Waals surface area contributed by atoms with Gasteiger partial charge in [-0.3, -0.25) is 0 Å². The van der Waals surface area contributed by atoms with Crippen molar-refractivity contribution >= 4 is 23.1 Å². The predicted octanol–water partition coefficient (Wildman–Crippen LogP) is 2.86. The van der Waals surface area contributed by atoms with Crippen molar-refractivity contribution in [3.63, 3.8) is 0 Å². The van der Waals surface area contributed by atoms with Gasteiger partial charge in [-0.1, -0.05) is 0 Å². The van der Waals surface area contributed by atoms with Crippen LogP contribution in [-0.2, 0) is 5.75 Å². The van der Waals surface area contributed by atoms with Crippen LogP contribution in [0.25, 0.3) is 10.8 Å². The van der Waals surface area contributed by atoms with Crippen molar-refractivity contribution in [1.82, 2.24) is 10.3 Å². The van der Waals surface area contributed by atoms with E-state index in [9.17, 15) is 0 Å². The van der Waals surface area contributed by atoms with E-state index in [0.29, 0.717) is 0 Å². The van der Waals surface area contributed by atoms with Gasteiger partial charge in [0.15, 0.2) is 10.8 Å². The van der Waals surface area contributed by atoms with E-state index in [1.165, 1.54) is 24.5 Å². The molecule has 0 unspecified atom stereocenters. The maximum absolute atomic E-state index is 5.33. The summed E-state index contributed by atoms with van der Waals surface area (Å²) < 4.78 is 5.33. The number of rotatable bonds is 5. The molecule has 90 valence electrons. The third-order valence-electron chi connectivity index (χ3n) is 2.75. The molecule has 1 N–H and O–H groups in total. The van der Waals surface area contributed by atoms with E-state index in [2.05, 4.69) is 15.7 Å². The topological polar surface area (TPSA) is 38.1 Å². The molecule has 0 atom stereocenters. The molecule has 1 saturated heterocycles. The second kappa shape index (κ2) is 5.25. The second-order valence-electron chi connectivity index (χ2n) is 4.16. The lowest BCUT2D eigenvalue weighted by Gasteiger charge is -2.26. The van der Waals surface area contributed by atoms with Crippen LogP contribution in [-0.4, -0.2) is 23.8 Å². The van der Waals surface area contributed by atoms with Crippen LogP contribution in [0.3, 0.4) is 0 Å². The number of thiazole rings is 1. The minimum Gasteiger partial charge on any atom is -0.462 e. The third kappa shape index (κ3) is 2.73. The Morgan fingerprint density at radius 1 is 1.53 bits per heavy atom. The maximum atomic E-state index is 5.33. The van der Waals surface area contributed by atoms with Gasteiger partial charge in [-0.25, -0.2) is 4.98 Å². The molecule has 3 rings (SSSR count). The van der Waals surface area contributed by atoms with Gasteiger partial charge < -0.3 is 9.73 Å². The first kappa shape index (κ1) is 11.3. The molecule has 0 radical (unpaired) electrons. The molecule has 5 heteroatoms. The molecular weight excluding hydrogens is 252 g/mol. The van der Waals surface area contributed by atoms with Crippen molar-refractivity contribution in [2.75, 3.05) is 18.8 Å². The Morgan fingerprint density at radius 3 is 3.18 bits per heavy atom. The van der Waals surface area contributed by atoms with E-state index in [-0.39, 0.29) is 0 Å². The lowest BCUT2D eigenvalue weighted by molar-refractivity contribution is 0.385. The Balaban J connectivity index is 1.53. The van der Waals surface area contributed by atoms with E-state index in [4.69, 9.17) is 4.42 Å². The Morgan fingerprint density at radius 2 is 2.47 bits per heavy atom. The van der Waals surface area contributed by atoms with Gasteiger partial charge >= 0.3 is 0 Å². The number of furan rings is 1. The Labute approximate surface area is 109 Å². The molecule has 0 aliphatic carbocycles. The van der Waals surface area contributed by atoms with Crippen LogP contribution < -0.4 is 5.32 Å². The summed E-state index contributed by atoms with van der Waals surface area (Å²) in [4.78, 5) is 4.58. The van der Waals surface area contributed by atoms with Crippen LogP contribution in [0.5, 0.6) is 0 Å². The molecule has 1 aliphatic heterocycles. The van der Waals surface area contributed by atoms with E-state index in [1.54, 1.807) is 17.6 Å². The second-order valence-corrected chi connectivity index (χ2v) is 6.05. The Hall–Kier alpha value is -0.780. The fourth-order valence-corrected chi connectivity index (χ4v) is 3.62. The summed E-state index contributed by atoms with van der Waals surface area (Å²) in [5.41, 5.74) is 1.17. The van der Waals surface area contributed by atoms with Gasteiger partial charge in [0.2, 0.25) is 0 Å². The molecule has 0 amide bonds. The smallest absolute Gasteiger partial charge is 0.162 e. The fourth-order valence-electron chi connectivity index (χ4n) is 1.68. The van der Waals surface area contributed by atoms with Crippen molar-refractivity contribution < 1.29 is 4.42 Å². The molecule has 2 aromatic heterocycles. The molecule has 0 saturated carbocycles. The summed E-state index contributed by atoms with van der Waals surface area (Å²) in [7, 11) is 0. The summed E-state index contributed by atoms with van der Waals surface area (Å²) in [6.45, 7) is 2.36. The molecule has 0 bridgehead atoms. The molecule has 17 heavy (non-hydrogen) atoms. The molecule has 1 fully saturated rings. The lowest BCUT2D eigenvalue weighted by Crippen LogP contribution is -2.43. The highest BCUT2D eigenvalue weighted by molar-refractivity contribution is 7.98. The monoisotopic (exact) mass is 266 g/mol. The van der Waals surface area contributed by atoms with Gasteiger partial charge in [-0.05, 0) is 36.9 Å². The van der Waals surface area contributed by atoms with Crippen LogP contribution in [0, 0.1) is 5.92 Å². The zero-order valence-corrected chi connectivity index (χ0v) is 11.0. The molecule has 2 aromatic rings. The Kier molecular flexibility index (Phi) is 3.49. The molecule has 0 aromatic carbocycles.